The first-order valence-electron chi connectivity index (χ1n) is 4.19. The van der Waals surface area contributed by atoms with Gasteiger partial charge in [0.2, 0.25) is 0 Å². The fourth-order valence-corrected chi connectivity index (χ4v) is 1.44. The fourth-order valence-electron chi connectivity index (χ4n) is 1.44. The van der Waals surface area contributed by atoms with Crippen LogP contribution in [-0.4, -0.2) is 29.2 Å². The Morgan fingerprint density at radius 1 is 1.67 bits per heavy atom. The highest BCUT2D eigenvalue weighted by molar-refractivity contribution is 5.14. The minimum absolute atomic E-state index is 0.125. The van der Waals surface area contributed by atoms with E-state index in [1.165, 1.54) is 5.56 Å². The summed E-state index contributed by atoms with van der Waals surface area (Å²) < 4.78 is 5.28. The van der Waals surface area contributed by atoms with Crippen LogP contribution >= 0.6 is 0 Å². The Labute approximate surface area is 71.6 Å². The molecule has 1 N–H and O–H groups in total. The smallest absolute Gasteiger partial charge is 0.120 e. The topological polar surface area (TPSA) is 36.6 Å². The van der Waals surface area contributed by atoms with Gasteiger partial charge in [-0.3, -0.25) is 4.90 Å². The Morgan fingerprint density at radius 2 is 2.42 bits per heavy atom. The lowest BCUT2D eigenvalue weighted by molar-refractivity contribution is -0.00641. The van der Waals surface area contributed by atoms with Gasteiger partial charge in [-0.15, -0.1) is 0 Å². The molecule has 0 spiro atoms. The molecule has 1 aliphatic heterocycles. The molecular formula is C9H13NO2. The Hall–Kier alpha value is -0.800. The number of likely N-dealkylation sites (tertiary alicyclic amines) is 1. The zero-order valence-corrected chi connectivity index (χ0v) is 7.16. The van der Waals surface area contributed by atoms with Crippen LogP contribution < -0.4 is 0 Å². The summed E-state index contributed by atoms with van der Waals surface area (Å²) in [6.07, 6.45) is 1.58. The number of aryl methyl sites for hydroxylation is 1. The molecule has 1 aliphatic rings. The number of rotatable bonds is 2. The first-order valence-corrected chi connectivity index (χ1v) is 4.19. The van der Waals surface area contributed by atoms with Gasteiger partial charge in [0.1, 0.15) is 5.76 Å². The van der Waals surface area contributed by atoms with Crippen LogP contribution in [0.3, 0.4) is 0 Å². The van der Waals surface area contributed by atoms with Crippen molar-refractivity contribution in [3.63, 3.8) is 0 Å². The summed E-state index contributed by atoms with van der Waals surface area (Å²) in [5.74, 6) is 1.02. The van der Waals surface area contributed by atoms with Gasteiger partial charge in [-0.25, -0.2) is 0 Å². The third-order valence-corrected chi connectivity index (χ3v) is 2.27. The predicted octanol–water partition coefficient (Wildman–Crippen LogP) is 0.765. The van der Waals surface area contributed by atoms with Crippen LogP contribution in [0.2, 0.25) is 0 Å². The van der Waals surface area contributed by atoms with Crippen LogP contribution in [0.25, 0.3) is 0 Å². The molecule has 1 aromatic heterocycles. The molecule has 0 amide bonds. The van der Waals surface area contributed by atoms with E-state index in [1.54, 1.807) is 6.26 Å². The lowest BCUT2D eigenvalue weighted by atomic mass is 10.1. The van der Waals surface area contributed by atoms with E-state index in [-0.39, 0.29) is 6.10 Å². The molecular weight excluding hydrogens is 154 g/mol. The molecule has 0 atom stereocenters. The van der Waals surface area contributed by atoms with Crippen molar-refractivity contribution >= 4 is 0 Å². The summed E-state index contributed by atoms with van der Waals surface area (Å²) in [6, 6.07) is 1.96. The van der Waals surface area contributed by atoms with Gasteiger partial charge < -0.3 is 9.52 Å². The van der Waals surface area contributed by atoms with E-state index in [9.17, 15) is 0 Å². The zero-order valence-electron chi connectivity index (χ0n) is 7.16. The second-order valence-electron chi connectivity index (χ2n) is 3.37. The quantitative estimate of drug-likeness (QED) is 0.706. The van der Waals surface area contributed by atoms with Gasteiger partial charge in [-0.2, -0.15) is 0 Å². The Bertz CT molecular complexity index is 263. The van der Waals surface area contributed by atoms with E-state index < -0.39 is 0 Å². The Morgan fingerprint density at radius 3 is 2.92 bits per heavy atom. The van der Waals surface area contributed by atoms with E-state index in [1.807, 2.05) is 13.0 Å². The summed E-state index contributed by atoms with van der Waals surface area (Å²) in [4.78, 5) is 2.16. The lowest BCUT2D eigenvalue weighted by Crippen LogP contribution is -2.49. The molecule has 1 saturated heterocycles. The molecule has 0 aromatic carbocycles. The molecule has 1 fully saturated rings. The maximum Gasteiger partial charge on any atom is 0.120 e. The van der Waals surface area contributed by atoms with E-state index in [2.05, 4.69) is 4.90 Å². The summed E-state index contributed by atoms with van der Waals surface area (Å²) in [6.45, 7) is 4.42. The van der Waals surface area contributed by atoms with Crippen LogP contribution in [0, 0.1) is 6.92 Å². The van der Waals surface area contributed by atoms with Gasteiger partial charge in [0.15, 0.2) is 0 Å². The standard InChI is InChI=1S/C9H13NO2/c1-7-2-3-12-9(7)6-10-4-8(11)5-10/h2-3,8,11H,4-6H2,1H3. The SMILES string of the molecule is Cc1ccoc1CN1CC(O)C1. The second kappa shape index (κ2) is 2.92. The molecule has 66 valence electrons. The first kappa shape index (κ1) is 7.83. The van der Waals surface area contributed by atoms with Crippen LogP contribution in [-0.2, 0) is 6.54 Å². The number of nitrogens with zero attached hydrogens (tertiary/aromatic N) is 1. The second-order valence-corrected chi connectivity index (χ2v) is 3.37. The van der Waals surface area contributed by atoms with Gasteiger partial charge in [-0.05, 0) is 18.6 Å². The normalized spacial score (nSPS) is 19.5. The molecule has 0 bridgehead atoms. The molecule has 0 saturated carbocycles. The maximum absolute atomic E-state index is 9.04. The monoisotopic (exact) mass is 167 g/mol. The van der Waals surface area contributed by atoms with E-state index >= 15 is 0 Å². The van der Waals surface area contributed by atoms with Crippen LogP contribution in [0.4, 0.5) is 0 Å². The van der Waals surface area contributed by atoms with Crippen molar-refractivity contribution in [1.82, 2.24) is 4.90 Å². The summed E-state index contributed by atoms with van der Waals surface area (Å²) >= 11 is 0. The van der Waals surface area contributed by atoms with Crippen molar-refractivity contribution in [2.45, 2.75) is 19.6 Å². The van der Waals surface area contributed by atoms with Gasteiger partial charge in [0, 0.05) is 13.1 Å². The molecule has 2 heterocycles. The van der Waals surface area contributed by atoms with Crippen LogP contribution in [0.15, 0.2) is 16.7 Å². The number of hydrogen-bond acceptors (Lipinski definition) is 3. The minimum atomic E-state index is -0.125. The summed E-state index contributed by atoms with van der Waals surface area (Å²) in [7, 11) is 0. The average molecular weight is 167 g/mol. The molecule has 0 radical (unpaired) electrons. The van der Waals surface area contributed by atoms with E-state index in [4.69, 9.17) is 9.52 Å². The molecule has 12 heavy (non-hydrogen) atoms. The Balaban J connectivity index is 1.92. The van der Waals surface area contributed by atoms with Crippen molar-refractivity contribution in [3.8, 4) is 0 Å². The molecule has 2 rings (SSSR count). The summed E-state index contributed by atoms with van der Waals surface area (Å²) in [5, 5.41) is 9.04. The van der Waals surface area contributed by atoms with E-state index in [0.29, 0.717) is 0 Å². The zero-order chi connectivity index (χ0) is 8.55. The van der Waals surface area contributed by atoms with Crippen molar-refractivity contribution in [3.05, 3.63) is 23.7 Å². The number of hydrogen-bond donors (Lipinski definition) is 1. The number of furan rings is 1. The maximum atomic E-state index is 9.04. The van der Waals surface area contributed by atoms with E-state index in [0.717, 1.165) is 25.4 Å². The van der Waals surface area contributed by atoms with Gasteiger partial charge in [0.05, 0.1) is 18.9 Å². The largest absolute Gasteiger partial charge is 0.468 e. The van der Waals surface area contributed by atoms with Crippen molar-refractivity contribution in [2.75, 3.05) is 13.1 Å². The third kappa shape index (κ3) is 1.38. The van der Waals surface area contributed by atoms with Crippen molar-refractivity contribution in [2.24, 2.45) is 0 Å². The van der Waals surface area contributed by atoms with Crippen LogP contribution in [0.1, 0.15) is 11.3 Å². The van der Waals surface area contributed by atoms with Crippen molar-refractivity contribution < 1.29 is 9.52 Å². The first-order chi connectivity index (χ1) is 5.75. The van der Waals surface area contributed by atoms with Gasteiger partial charge in [0.25, 0.3) is 0 Å². The highest BCUT2D eigenvalue weighted by atomic mass is 16.3. The third-order valence-electron chi connectivity index (χ3n) is 2.27. The number of aliphatic hydroxyl groups excluding tert-OH is 1. The molecule has 1 aromatic rings. The fraction of sp³-hybridized carbons (Fsp3) is 0.556. The van der Waals surface area contributed by atoms with Gasteiger partial charge in [-0.1, -0.05) is 0 Å². The molecule has 0 unspecified atom stereocenters. The van der Waals surface area contributed by atoms with Gasteiger partial charge >= 0.3 is 0 Å². The Kier molecular flexibility index (Phi) is 1.90. The van der Waals surface area contributed by atoms with Crippen molar-refractivity contribution in [1.29, 1.82) is 0 Å². The lowest BCUT2D eigenvalue weighted by Gasteiger charge is -2.35. The predicted molar refractivity (Wildman–Crippen MR) is 44.7 cm³/mol. The molecule has 3 heteroatoms. The highest BCUT2D eigenvalue weighted by Crippen LogP contribution is 2.16. The van der Waals surface area contributed by atoms with Crippen LogP contribution in [0.5, 0.6) is 0 Å². The minimum Gasteiger partial charge on any atom is -0.468 e. The molecule has 0 aliphatic carbocycles. The number of aliphatic hydroxyl groups is 1. The average Bonchev–Trinajstić information content (AvgIpc) is 2.33. The molecule has 3 nitrogen and oxygen atoms in total. The highest BCUT2D eigenvalue weighted by Gasteiger charge is 2.25. The summed E-state index contributed by atoms with van der Waals surface area (Å²) in [5.41, 5.74) is 1.19. The number of β-amino-alcohol motifs (C(OH)–C–C–N with tert-alkyl or cyclic N) is 1.